The summed E-state index contributed by atoms with van der Waals surface area (Å²) in [4.78, 5) is 1.92. The minimum atomic E-state index is 0.864. The fraction of sp³-hybridized carbons (Fsp3) is 0.182. The van der Waals surface area contributed by atoms with Gasteiger partial charge in [-0.2, -0.15) is 0 Å². The Morgan fingerprint density at radius 2 is 1.93 bits per heavy atom. The normalized spacial score (nSPS) is 10.6. The summed E-state index contributed by atoms with van der Waals surface area (Å²) in [6, 6.07) is 8.16. The van der Waals surface area contributed by atoms with Gasteiger partial charge in [-0.3, -0.25) is 0 Å². The van der Waals surface area contributed by atoms with Crippen molar-refractivity contribution < 1.29 is 0 Å². The molecule has 1 nitrogen and oxygen atoms in total. The number of hydrogen-bond acceptors (Lipinski definition) is 2. The van der Waals surface area contributed by atoms with E-state index < -0.39 is 0 Å². The SMILES string of the molecule is CN(C)C(=S)S/C=C/c1ccc(Br)cc1. The lowest BCUT2D eigenvalue weighted by Gasteiger charge is -2.09. The molecular weight excluding hydrogens is 290 g/mol. The van der Waals surface area contributed by atoms with E-state index in [1.54, 1.807) is 11.8 Å². The first-order valence-electron chi connectivity index (χ1n) is 4.39. The standard InChI is InChI=1S/C11H12BrNS2/c1-13(2)11(14)15-8-7-9-3-5-10(12)6-4-9/h3-8H,1-2H3/b8-7+. The monoisotopic (exact) mass is 301 g/mol. The van der Waals surface area contributed by atoms with E-state index >= 15 is 0 Å². The van der Waals surface area contributed by atoms with Crippen LogP contribution in [0.3, 0.4) is 0 Å². The summed E-state index contributed by atoms with van der Waals surface area (Å²) in [5.41, 5.74) is 1.17. The van der Waals surface area contributed by atoms with Crippen molar-refractivity contribution in [2.45, 2.75) is 0 Å². The Labute approximate surface area is 109 Å². The van der Waals surface area contributed by atoms with Crippen molar-refractivity contribution in [1.29, 1.82) is 0 Å². The maximum Gasteiger partial charge on any atom is 0.140 e. The Morgan fingerprint density at radius 1 is 1.33 bits per heavy atom. The van der Waals surface area contributed by atoms with Gasteiger partial charge in [0.1, 0.15) is 4.32 Å². The molecule has 15 heavy (non-hydrogen) atoms. The lowest BCUT2D eigenvalue weighted by Crippen LogP contribution is -2.14. The van der Waals surface area contributed by atoms with E-state index in [1.165, 1.54) is 5.56 Å². The van der Waals surface area contributed by atoms with Gasteiger partial charge >= 0.3 is 0 Å². The van der Waals surface area contributed by atoms with Gasteiger partial charge in [0.2, 0.25) is 0 Å². The second-order valence-corrected chi connectivity index (χ2v) is 5.59. The molecule has 0 saturated carbocycles. The van der Waals surface area contributed by atoms with Gasteiger partial charge in [0.25, 0.3) is 0 Å². The lowest BCUT2D eigenvalue weighted by atomic mass is 10.2. The number of benzene rings is 1. The molecule has 0 bridgehead atoms. The summed E-state index contributed by atoms with van der Waals surface area (Å²) in [5.74, 6) is 0. The van der Waals surface area contributed by atoms with Crippen LogP contribution in [0.2, 0.25) is 0 Å². The Bertz CT molecular complexity index is 357. The summed E-state index contributed by atoms with van der Waals surface area (Å²) in [6.45, 7) is 0. The highest BCUT2D eigenvalue weighted by molar-refractivity contribution is 9.10. The number of hydrogen-bond donors (Lipinski definition) is 0. The summed E-state index contributed by atoms with van der Waals surface area (Å²) >= 11 is 10.1. The highest BCUT2D eigenvalue weighted by Crippen LogP contribution is 2.14. The van der Waals surface area contributed by atoms with Gasteiger partial charge in [-0.05, 0) is 29.2 Å². The molecule has 0 saturated heterocycles. The number of thioether (sulfide) groups is 1. The highest BCUT2D eigenvalue weighted by atomic mass is 79.9. The van der Waals surface area contributed by atoms with Gasteiger partial charge < -0.3 is 4.90 Å². The van der Waals surface area contributed by atoms with Crippen molar-refractivity contribution in [1.82, 2.24) is 4.90 Å². The van der Waals surface area contributed by atoms with Crippen molar-refractivity contribution >= 4 is 50.3 Å². The van der Waals surface area contributed by atoms with Gasteiger partial charge in [-0.15, -0.1) is 0 Å². The molecule has 1 aromatic carbocycles. The van der Waals surface area contributed by atoms with Crippen molar-refractivity contribution in [3.05, 3.63) is 39.7 Å². The lowest BCUT2D eigenvalue weighted by molar-refractivity contribution is 0.648. The molecule has 0 aliphatic carbocycles. The van der Waals surface area contributed by atoms with Gasteiger partial charge in [-0.25, -0.2) is 0 Å². The average molecular weight is 302 g/mol. The van der Waals surface area contributed by atoms with Crippen LogP contribution in [-0.4, -0.2) is 23.3 Å². The summed E-state index contributed by atoms with van der Waals surface area (Å²) < 4.78 is 1.96. The summed E-state index contributed by atoms with van der Waals surface area (Å²) in [7, 11) is 3.89. The minimum absolute atomic E-state index is 0.864. The number of rotatable bonds is 2. The Morgan fingerprint density at radius 3 is 2.47 bits per heavy atom. The first-order chi connectivity index (χ1) is 7.09. The van der Waals surface area contributed by atoms with Crippen molar-refractivity contribution in [2.24, 2.45) is 0 Å². The van der Waals surface area contributed by atoms with Gasteiger partial charge in [-0.1, -0.05) is 52.0 Å². The first kappa shape index (κ1) is 12.7. The van der Waals surface area contributed by atoms with Crippen LogP contribution in [0.5, 0.6) is 0 Å². The van der Waals surface area contributed by atoms with E-state index in [0.29, 0.717) is 0 Å². The first-order valence-corrected chi connectivity index (χ1v) is 6.48. The fourth-order valence-electron chi connectivity index (χ4n) is 0.850. The molecule has 0 spiro atoms. The van der Waals surface area contributed by atoms with Crippen LogP contribution in [0.1, 0.15) is 5.56 Å². The topological polar surface area (TPSA) is 3.24 Å². The van der Waals surface area contributed by atoms with Crippen LogP contribution in [0.4, 0.5) is 0 Å². The zero-order valence-corrected chi connectivity index (χ0v) is 11.8. The molecule has 1 rings (SSSR count). The van der Waals surface area contributed by atoms with E-state index in [1.807, 2.05) is 42.6 Å². The Kier molecular flexibility index (Phi) is 5.36. The molecule has 0 unspecified atom stereocenters. The number of thiocarbonyl (C=S) groups is 1. The molecule has 0 N–H and O–H groups in total. The van der Waals surface area contributed by atoms with Crippen LogP contribution in [0.15, 0.2) is 34.1 Å². The third-order valence-corrected chi connectivity index (χ3v) is 3.69. The highest BCUT2D eigenvalue weighted by Gasteiger charge is 1.95. The van der Waals surface area contributed by atoms with Crippen LogP contribution in [-0.2, 0) is 0 Å². The molecule has 0 amide bonds. The molecule has 80 valence electrons. The average Bonchev–Trinajstić information content (AvgIpc) is 2.20. The molecule has 0 aromatic heterocycles. The van der Waals surface area contributed by atoms with E-state index in [2.05, 4.69) is 28.1 Å². The summed E-state index contributed by atoms with van der Waals surface area (Å²) in [6.07, 6.45) is 2.05. The second kappa shape index (κ2) is 6.30. The van der Waals surface area contributed by atoms with E-state index in [-0.39, 0.29) is 0 Å². The summed E-state index contributed by atoms with van der Waals surface area (Å²) in [5, 5.41) is 2.01. The molecule has 0 radical (unpaired) electrons. The smallest absolute Gasteiger partial charge is 0.140 e. The van der Waals surface area contributed by atoms with Gasteiger partial charge in [0.05, 0.1) is 0 Å². The molecule has 0 aliphatic rings. The van der Waals surface area contributed by atoms with Crippen LogP contribution >= 0.6 is 39.9 Å². The Balaban J connectivity index is 2.51. The largest absolute Gasteiger partial charge is 0.363 e. The van der Waals surface area contributed by atoms with E-state index in [9.17, 15) is 0 Å². The third kappa shape index (κ3) is 4.82. The molecule has 0 heterocycles. The zero-order chi connectivity index (χ0) is 11.3. The van der Waals surface area contributed by atoms with Crippen LogP contribution < -0.4 is 0 Å². The molecule has 4 heteroatoms. The molecule has 1 aromatic rings. The van der Waals surface area contributed by atoms with E-state index in [0.717, 1.165) is 8.79 Å². The maximum atomic E-state index is 5.14. The van der Waals surface area contributed by atoms with Crippen molar-refractivity contribution in [2.75, 3.05) is 14.1 Å². The maximum absolute atomic E-state index is 5.14. The quantitative estimate of drug-likeness (QED) is 0.760. The minimum Gasteiger partial charge on any atom is -0.363 e. The third-order valence-electron chi connectivity index (χ3n) is 1.66. The predicted molar refractivity (Wildman–Crippen MR) is 77.1 cm³/mol. The molecule has 0 aliphatic heterocycles. The predicted octanol–water partition coefficient (Wildman–Crippen LogP) is 4.00. The Hall–Kier alpha value is -0.320. The number of nitrogens with zero attached hydrogens (tertiary/aromatic N) is 1. The van der Waals surface area contributed by atoms with Crippen LogP contribution in [0.25, 0.3) is 6.08 Å². The molecular formula is C11H12BrNS2. The fourth-order valence-corrected chi connectivity index (χ4v) is 1.83. The van der Waals surface area contributed by atoms with Crippen molar-refractivity contribution in [3.63, 3.8) is 0 Å². The van der Waals surface area contributed by atoms with Crippen molar-refractivity contribution in [3.8, 4) is 0 Å². The molecule has 0 fully saturated rings. The second-order valence-electron chi connectivity index (χ2n) is 3.13. The van der Waals surface area contributed by atoms with Gasteiger partial charge in [0.15, 0.2) is 0 Å². The number of halogens is 1. The van der Waals surface area contributed by atoms with Crippen LogP contribution in [0, 0.1) is 0 Å². The zero-order valence-electron chi connectivity index (χ0n) is 8.61. The van der Waals surface area contributed by atoms with Gasteiger partial charge in [0, 0.05) is 18.6 Å². The molecule has 0 atom stereocenters. The van der Waals surface area contributed by atoms with E-state index in [4.69, 9.17) is 12.2 Å².